The van der Waals surface area contributed by atoms with Gasteiger partial charge in [0, 0.05) is 36.4 Å². The molecular formula is C20H18F5N5O4S. The molecule has 9 nitrogen and oxygen atoms in total. The Bertz CT molecular complexity index is 1390. The summed E-state index contributed by atoms with van der Waals surface area (Å²) in [6.45, 7) is 1.49. The van der Waals surface area contributed by atoms with Gasteiger partial charge < -0.3 is 14.6 Å². The number of carbonyl (C=O) groups is 1. The van der Waals surface area contributed by atoms with Crippen molar-refractivity contribution in [2.45, 2.75) is 24.4 Å². The van der Waals surface area contributed by atoms with Gasteiger partial charge in [0.2, 0.25) is 5.95 Å². The number of alkyl halides is 3. The number of aromatic nitrogens is 2. The summed E-state index contributed by atoms with van der Waals surface area (Å²) in [6, 6.07) is -0.179. The fraction of sp³-hybridized carbons (Fsp3) is 0.350. The van der Waals surface area contributed by atoms with Gasteiger partial charge in [-0.3, -0.25) is 5.32 Å². The molecule has 3 heterocycles. The number of rotatable bonds is 6. The predicted octanol–water partition coefficient (Wildman–Crippen LogP) is 3.25. The number of benzene rings is 1. The van der Waals surface area contributed by atoms with Gasteiger partial charge in [-0.1, -0.05) is 0 Å². The molecule has 1 unspecified atom stereocenters. The Hall–Kier alpha value is -3.49. The number of amides is 2. The number of aryl methyl sites for hydroxylation is 1. The highest BCUT2D eigenvalue weighted by molar-refractivity contribution is 7.91. The minimum atomic E-state index is -3.88. The normalized spacial score (nSPS) is 16.3. The van der Waals surface area contributed by atoms with E-state index in [-0.39, 0.29) is 35.7 Å². The number of anilines is 2. The van der Waals surface area contributed by atoms with E-state index in [9.17, 15) is 30.8 Å². The summed E-state index contributed by atoms with van der Waals surface area (Å²) < 4.78 is 98.3. The largest absolute Gasteiger partial charge is 0.452 e. The number of hydrogen-bond acceptors (Lipinski definition) is 7. The van der Waals surface area contributed by atoms with Crippen LogP contribution in [0.25, 0.3) is 11.0 Å². The average Bonchev–Trinajstić information content (AvgIpc) is 3.04. The van der Waals surface area contributed by atoms with Crippen molar-refractivity contribution in [2.24, 2.45) is 0 Å². The third-order valence-corrected chi connectivity index (χ3v) is 7.03. The Kier molecular flexibility index (Phi) is 6.07. The van der Waals surface area contributed by atoms with Crippen molar-refractivity contribution in [3.8, 4) is 0 Å². The lowest BCUT2D eigenvalue weighted by atomic mass is 10.1. The fourth-order valence-electron chi connectivity index (χ4n) is 3.55. The zero-order chi connectivity index (χ0) is 25.7. The van der Waals surface area contributed by atoms with Crippen LogP contribution in [0, 0.1) is 18.6 Å². The summed E-state index contributed by atoms with van der Waals surface area (Å²) in [6.07, 6.45) is -0.494. The van der Waals surface area contributed by atoms with Crippen molar-refractivity contribution in [1.82, 2.24) is 15.3 Å². The van der Waals surface area contributed by atoms with Gasteiger partial charge in [-0.2, -0.15) is 0 Å². The fourth-order valence-corrected chi connectivity index (χ4v) is 4.45. The number of urea groups is 1. The molecule has 35 heavy (non-hydrogen) atoms. The van der Waals surface area contributed by atoms with E-state index in [0.29, 0.717) is 6.07 Å². The SMILES string of the molecule is Cc1c(C(F)(NC(=O)Nc2cnc(N3CC(S(C)(=O)=O)C3)nc2)C(F)F)oc2c(F)cc(F)cc12. The second-order valence-electron chi connectivity index (χ2n) is 8.04. The molecule has 3 aromatic rings. The van der Waals surface area contributed by atoms with Crippen molar-refractivity contribution in [2.75, 3.05) is 29.6 Å². The maximum atomic E-state index is 15.4. The minimum absolute atomic E-state index is 0.0857. The maximum Gasteiger partial charge on any atom is 0.322 e. The van der Waals surface area contributed by atoms with Crippen LogP contribution in [-0.2, 0) is 15.6 Å². The molecule has 2 N–H and O–H groups in total. The Morgan fingerprint density at radius 1 is 1.23 bits per heavy atom. The van der Waals surface area contributed by atoms with Crippen molar-refractivity contribution in [1.29, 1.82) is 0 Å². The van der Waals surface area contributed by atoms with Gasteiger partial charge in [-0.05, 0) is 13.0 Å². The molecule has 0 bridgehead atoms. The molecule has 1 fully saturated rings. The molecule has 2 amide bonds. The molecule has 1 atom stereocenters. The number of fused-ring (bicyclic) bond motifs is 1. The molecule has 1 aliphatic rings. The molecule has 4 rings (SSSR count). The standard InChI is InChI=1S/C20H18F5N5O4S/c1-9-13-3-10(21)4-14(22)15(13)34-16(9)20(25,17(23)24)29-19(31)28-11-5-26-18(27-6-11)30-7-12(8-30)35(2,32)33/h3-6,12,17H,7-8H2,1-2H3,(H2,28,29,31). The van der Waals surface area contributed by atoms with Gasteiger partial charge in [-0.25, -0.2) is 45.1 Å². The van der Waals surface area contributed by atoms with Crippen molar-refractivity contribution < 1.29 is 39.6 Å². The van der Waals surface area contributed by atoms with Crippen LogP contribution in [0.3, 0.4) is 0 Å². The number of nitrogens with zero attached hydrogens (tertiary/aromatic N) is 3. The summed E-state index contributed by atoms with van der Waals surface area (Å²) in [5, 5.41) is 2.74. The Morgan fingerprint density at radius 3 is 2.43 bits per heavy atom. The minimum Gasteiger partial charge on any atom is -0.452 e. The average molecular weight is 519 g/mol. The van der Waals surface area contributed by atoms with E-state index in [4.69, 9.17) is 4.42 Å². The first kappa shape index (κ1) is 24.6. The van der Waals surface area contributed by atoms with Crippen LogP contribution in [-0.4, -0.2) is 55.4 Å². The second-order valence-corrected chi connectivity index (χ2v) is 10.4. The quantitative estimate of drug-likeness (QED) is 0.379. The lowest BCUT2D eigenvalue weighted by Gasteiger charge is -2.37. The number of carbonyl (C=O) groups excluding carboxylic acids is 1. The zero-order valence-electron chi connectivity index (χ0n) is 18.2. The molecule has 0 radical (unpaired) electrons. The van der Waals surface area contributed by atoms with Crippen molar-refractivity contribution in [3.63, 3.8) is 0 Å². The van der Waals surface area contributed by atoms with Crippen molar-refractivity contribution in [3.05, 3.63) is 47.5 Å². The highest BCUT2D eigenvalue weighted by Gasteiger charge is 2.49. The molecule has 2 aromatic heterocycles. The first-order valence-corrected chi connectivity index (χ1v) is 12.0. The van der Waals surface area contributed by atoms with E-state index in [1.165, 1.54) is 5.32 Å². The topological polar surface area (TPSA) is 117 Å². The van der Waals surface area contributed by atoms with Gasteiger partial charge in [0.05, 0.1) is 23.3 Å². The number of furan rings is 1. The summed E-state index contributed by atoms with van der Waals surface area (Å²) in [5.41, 5.74) is -1.05. The number of nitrogens with one attached hydrogen (secondary N) is 2. The van der Waals surface area contributed by atoms with Crippen LogP contribution in [0.15, 0.2) is 28.9 Å². The van der Waals surface area contributed by atoms with Crippen molar-refractivity contribution >= 4 is 38.5 Å². The first-order valence-electron chi connectivity index (χ1n) is 10.00. The second kappa shape index (κ2) is 8.62. The number of halogens is 5. The van der Waals surface area contributed by atoms with Gasteiger partial charge in [0.15, 0.2) is 27.0 Å². The monoisotopic (exact) mass is 519 g/mol. The Balaban J connectivity index is 1.50. The smallest absolute Gasteiger partial charge is 0.322 e. The third-order valence-electron chi connectivity index (χ3n) is 5.52. The van der Waals surface area contributed by atoms with Crippen LogP contribution in [0.4, 0.5) is 38.4 Å². The highest BCUT2D eigenvalue weighted by atomic mass is 32.2. The van der Waals surface area contributed by atoms with Crippen LogP contribution >= 0.6 is 0 Å². The molecule has 1 aromatic carbocycles. The molecule has 0 aliphatic carbocycles. The van der Waals surface area contributed by atoms with Crippen LogP contribution in [0.1, 0.15) is 11.3 Å². The molecule has 0 saturated carbocycles. The van der Waals surface area contributed by atoms with E-state index < -0.39 is 56.3 Å². The predicted molar refractivity (Wildman–Crippen MR) is 115 cm³/mol. The van der Waals surface area contributed by atoms with Crippen LogP contribution in [0.2, 0.25) is 0 Å². The van der Waals surface area contributed by atoms with Crippen LogP contribution < -0.4 is 15.5 Å². The number of hydrogen-bond donors (Lipinski definition) is 2. The Labute approximate surface area is 195 Å². The van der Waals surface area contributed by atoms with E-state index in [0.717, 1.165) is 31.6 Å². The summed E-state index contributed by atoms with van der Waals surface area (Å²) >= 11 is 0. The molecule has 0 spiro atoms. The lowest BCUT2D eigenvalue weighted by molar-refractivity contribution is -0.0664. The molecule has 188 valence electrons. The lowest BCUT2D eigenvalue weighted by Crippen LogP contribution is -2.55. The van der Waals surface area contributed by atoms with E-state index in [2.05, 4.69) is 15.3 Å². The summed E-state index contributed by atoms with van der Waals surface area (Å²) in [7, 11) is -3.20. The maximum absolute atomic E-state index is 15.4. The summed E-state index contributed by atoms with van der Waals surface area (Å²) in [5.74, 6) is -7.04. The van der Waals surface area contributed by atoms with Crippen LogP contribution in [0.5, 0.6) is 0 Å². The molecule has 1 saturated heterocycles. The van der Waals surface area contributed by atoms with Gasteiger partial charge in [0.1, 0.15) is 5.82 Å². The summed E-state index contributed by atoms with van der Waals surface area (Å²) in [4.78, 5) is 21.8. The van der Waals surface area contributed by atoms with Gasteiger partial charge in [0.25, 0.3) is 6.43 Å². The number of sulfone groups is 1. The molecule has 15 heteroatoms. The van der Waals surface area contributed by atoms with E-state index in [1.807, 2.05) is 0 Å². The molecular weight excluding hydrogens is 501 g/mol. The highest BCUT2D eigenvalue weighted by Crippen LogP contribution is 2.39. The first-order chi connectivity index (χ1) is 16.3. The Morgan fingerprint density at radius 2 is 1.86 bits per heavy atom. The molecule has 1 aliphatic heterocycles. The van der Waals surface area contributed by atoms with E-state index >= 15 is 4.39 Å². The third kappa shape index (κ3) is 4.59. The van der Waals surface area contributed by atoms with Gasteiger partial charge in [-0.15, -0.1) is 0 Å². The zero-order valence-corrected chi connectivity index (χ0v) is 19.0. The van der Waals surface area contributed by atoms with Gasteiger partial charge >= 0.3 is 11.8 Å². The van der Waals surface area contributed by atoms with E-state index in [1.54, 1.807) is 4.90 Å².